The quantitative estimate of drug-likeness (QED) is 0.919. The number of halogens is 2. The number of rotatable bonds is 3. The Morgan fingerprint density at radius 1 is 1.53 bits per heavy atom. The van der Waals surface area contributed by atoms with Crippen molar-refractivity contribution in [3.8, 4) is 0 Å². The number of thiazole rings is 1. The molecule has 2 N–H and O–H groups in total. The molecule has 5 heteroatoms. The lowest BCUT2D eigenvalue weighted by Gasteiger charge is -2.12. The standard InChI is InChI=1S/C12H12BrClN2S/c1-7-12(17-6-16-7)11(15)4-8-2-3-9(13)5-10(8)14/h2-3,5-6,11H,4,15H2,1H3. The van der Waals surface area contributed by atoms with Crippen molar-refractivity contribution in [3.05, 3.63) is 49.3 Å². The Bertz CT molecular complexity index is 527. The molecule has 1 atom stereocenters. The topological polar surface area (TPSA) is 38.9 Å². The molecule has 0 aliphatic heterocycles. The highest BCUT2D eigenvalue weighted by molar-refractivity contribution is 9.10. The molecule has 0 bridgehead atoms. The molecule has 1 aromatic carbocycles. The van der Waals surface area contributed by atoms with E-state index in [4.69, 9.17) is 17.3 Å². The summed E-state index contributed by atoms with van der Waals surface area (Å²) in [5, 5.41) is 0.747. The van der Waals surface area contributed by atoms with Crippen LogP contribution in [0, 0.1) is 6.92 Å². The van der Waals surface area contributed by atoms with Crippen LogP contribution in [-0.2, 0) is 6.42 Å². The molecule has 2 nitrogen and oxygen atoms in total. The van der Waals surface area contributed by atoms with Gasteiger partial charge in [-0.2, -0.15) is 0 Å². The lowest BCUT2D eigenvalue weighted by Crippen LogP contribution is -2.13. The summed E-state index contributed by atoms with van der Waals surface area (Å²) in [4.78, 5) is 5.34. The van der Waals surface area contributed by atoms with Gasteiger partial charge in [0, 0.05) is 20.4 Å². The van der Waals surface area contributed by atoms with Crippen LogP contribution in [0.3, 0.4) is 0 Å². The Kier molecular flexibility index (Phi) is 4.20. The fourth-order valence-corrected chi connectivity index (χ4v) is 3.24. The maximum absolute atomic E-state index is 6.18. The highest BCUT2D eigenvalue weighted by Crippen LogP contribution is 2.27. The zero-order valence-corrected chi connectivity index (χ0v) is 12.4. The number of hydrogen-bond donors (Lipinski definition) is 1. The molecule has 1 heterocycles. The molecule has 0 saturated heterocycles. The molecule has 0 fully saturated rings. The van der Waals surface area contributed by atoms with E-state index in [1.165, 1.54) is 0 Å². The Balaban J connectivity index is 2.19. The first-order chi connectivity index (χ1) is 8.08. The van der Waals surface area contributed by atoms with E-state index in [9.17, 15) is 0 Å². The highest BCUT2D eigenvalue weighted by atomic mass is 79.9. The van der Waals surface area contributed by atoms with Crippen LogP contribution in [0.25, 0.3) is 0 Å². The molecule has 1 aromatic heterocycles. The van der Waals surface area contributed by atoms with Crippen LogP contribution in [-0.4, -0.2) is 4.98 Å². The van der Waals surface area contributed by atoms with Crippen molar-refractivity contribution in [2.24, 2.45) is 5.73 Å². The van der Waals surface area contributed by atoms with Crippen LogP contribution >= 0.6 is 38.9 Å². The third kappa shape index (κ3) is 3.07. The second-order valence-corrected chi connectivity index (χ2v) is 6.06. The van der Waals surface area contributed by atoms with Gasteiger partial charge >= 0.3 is 0 Å². The van der Waals surface area contributed by atoms with Gasteiger partial charge in [0.15, 0.2) is 0 Å². The molecule has 0 spiro atoms. The first-order valence-corrected chi connectivity index (χ1v) is 7.22. The zero-order chi connectivity index (χ0) is 12.4. The Hall–Kier alpha value is -0.420. The number of nitrogens with two attached hydrogens (primary N) is 1. The Morgan fingerprint density at radius 2 is 2.29 bits per heavy atom. The van der Waals surface area contributed by atoms with Gasteiger partial charge in [-0.3, -0.25) is 0 Å². The van der Waals surface area contributed by atoms with Gasteiger partial charge in [0.1, 0.15) is 0 Å². The van der Waals surface area contributed by atoms with Crippen molar-refractivity contribution in [2.75, 3.05) is 0 Å². The number of nitrogens with zero attached hydrogens (tertiary/aromatic N) is 1. The third-order valence-electron chi connectivity index (χ3n) is 2.57. The van der Waals surface area contributed by atoms with Crippen molar-refractivity contribution in [2.45, 2.75) is 19.4 Å². The summed E-state index contributed by atoms with van der Waals surface area (Å²) in [6.45, 7) is 1.98. The lowest BCUT2D eigenvalue weighted by atomic mass is 10.0. The Morgan fingerprint density at radius 3 is 2.88 bits per heavy atom. The molecule has 0 radical (unpaired) electrons. The molecule has 2 aromatic rings. The second kappa shape index (κ2) is 5.48. The fraction of sp³-hybridized carbons (Fsp3) is 0.250. The lowest BCUT2D eigenvalue weighted by molar-refractivity contribution is 0.729. The van der Waals surface area contributed by atoms with Crippen LogP contribution in [0.15, 0.2) is 28.2 Å². The monoisotopic (exact) mass is 330 g/mol. The molecule has 2 rings (SSSR count). The van der Waals surface area contributed by atoms with E-state index in [0.717, 1.165) is 32.1 Å². The molecule has 1 unspecified atom stereocenters. The van der Waals surface area contributed by atoms with Gasteiger partial charge in [-0.25, -0.2) is 4.98 Å². The average Bonchev–Trinajstić information content (AvgIpc) is 2.68. The first kappa shape index (κ1) is 13.0. The van der Waals surface area contributed by atoms with Crippen LogP contribution in [0.4, 0.5) is 0 Å². The van der Waals surface area contributed by atoms with E-state index in [-0.39, 0.29) is 6.04 Å². The minimum absolute atomic E-state index is 0.0406. The highest BCUT2D eigenvalue weighted by Gasteiger charge is 2.13. The summed E-state index contributed by atoms with van der Waals surface area (Å²) < 4.78 is 0.980. The minimum atomic E-state index is -0.0406. The van der Waals surface area contributed by atoms with Gasteiger partial charge in [-0.1, -0.05) is 33.6 Å². The summed E-state index contributed by atoms with van der Waals surface area (Å²) >= 11 is 11.2. The first-order valence-electron chi connectivity index (χ1n) is 5.17. The molecular weight excluding hydrogens is 320 g/mol. The van der Waals surface area contributed by atoms with E-state index in [0.29, 0.717) is 0 Å². The fourth-order valence-electron chi connectivity index (χ4n) is 1.68. The molecule has 90 valence electrons. The maximum atomic E-state index is 6.18. The van der Waals surface area contributed by atoms with Crippen molar-refractivity contribution in [1.29, 1.82) is 0 Å². The molecule has 17 heavy (non-hydrogen) atoms. The van der Waals surface area contributed by atoms with Crippen LogP contribution < -0.4 is 5.73 Å². The maximum Gasteiger partial charge on any atom is 0.0798 e. The smallest absolute Gasteiger partial charge is 0.0798 e. The van der Waals surface area contributed by atoms with Gasteiger partial charge in [0.05, 0.1) is 11.2 Å². The summed E-state index contributed by atoms with van der Waals surface area (Å²) in [7, 11) is 0. The second-order valence-electron chi connectivity index (χ2n) is 3.85. The van der Waals surface area contributed by atoms with Crippen LogP contribution in [0.1, 0.15) is 22.2 Å². The van der Waals surface area contributed by atoms with Gasteiger partial charge in [0.25, 0.3) is 0 Å². The molecular formula is C12H12BrClN2S. The van der Waals surface area contributed by atoms with Crippen molar-refractivity contribution < 1.29 is 0 Å². The van der Waals surface area contributed by atoms with Gasteiger partial charge in [-0.05, 0) is 31.0 Å². The largest absolute Gasteiger partial charge is 0.323 e. The van der Waals surface area contributed by atoms with Crippen molar-refractivity contribution in [3.63, 3.8) is 0 Å². The van der Waals surface area contributed by atoms with E-state index in [1.54, 1.807) is 11.3 Å². The predicted molar refractivity (Wildman–Crippen MR) is 76.6 cm³/mol. The number of hydrogen-bond acceptors (Lipinski definition) is 3. The van der Waals surface area contributed by atoms with E-state index < -0.39 is 0 Å². The average molecular weight is 332 g/mol. The SMILES string of the molecule is Cc1ncsc1C(N)Cc1ccc(Br)cc1Cl. The van der Waals surface area contributed by atoms with E-state index in [1.807, 2.05) is 30.6 Å². The molecule has 0 amide bonds. The zero-order valence-electron chi connectivity index (χ0n) is 9.28. The van der Waals surface area contributed by atoms with E-state index in [2.05, 4.69) is 20.9 Å². The van der Waals surface area contributed by atoms with Crippen LogP contribution in [0.2, 0.25) is 5.02 Å². The minimum Gasteiger partial charge on any atom is -0.323 e. The Labute approximate surface area is 118 Å². The summed E-state index contributed by atoms with van der Waals surface area (Å²) in [6.07, 6.45) is 0.731. The van der Waals surface area contributed by atoms with Crippen molar-refractivity contribution >= 4 is 38.9 Å². The van der Waals surface area contributed by atoms with Gasteiger partial charge < -0.3 is 5.73 Å². The summed E-state index contributed by atoms with van der Waals surface area (Å²) in [6, 6.07) is 5.83. The van der Waals surface area contributed by atoms with Gasteiger partial charge in [0.2, 0.25) is 0 Å². The third-order valence-corrected chi connectivity index (χ3v) is 4.48. The van der Waals surface area contributed by atoms with E-state index >= 15 is 0 Å². The normalized spacial score (nSPS) is 12.7. The molecule has 0 aliphatic carbocycles. The predicted octanol–water partition coefficient (Wildman–Crippen LogP) is 4.11. The van der Waals surface area contributed by atoms with Crippen molar-refractivity contribution in [1.82, 2.24) is 4.98 Å². The molecule has 0 saturated carbocycles. The van der Waals surface area contributed by atoms with Crippen LogP contribution in [0.5, 0.6) is 0 Å². The summed E-state index contributed by atoms with van der Waals surface area (Å²) in [5.74, 6) is 0. The summed E-state index contributed by atoms with van der Waals surface area (Å²) in [5.41, 5.74) is 10.1. The number of aromatic nitrogens is 1. The molecule has 0 aliphatic rings. The van der Waals surface area contributed by atoms with Gasteiger partial charge in [-0.15, -0.1) is 11.3 Å². The number of benzene rings is 1. The number of aryl methyl sites for hydroxylation is 1.